The Labute approximate surface area is 277 Å². The van der Waals surface area contributed by atoms with Crippen molar-refractivity contribution < 1.29 is 24.2 Å². The van der Waals surface area contributed by atoms with Gasteiger partial charge in [-0.2, -0.15) is 0 Å². The van der Waals surface area contributed by atoms with E-state index in [2.05, 4.69) is 23.5 Å². The molecule has 0 radical (unpaired) electrons. The molecule has 0 saturated heterocycles. The zero-order valence-corrected chi connectivity index (χ0v) is 26.9. The first-order valence-corrected chi connectivity index (χ1v) is 16.1. The minimum absolute atomic E-state index is 0.0358. The topological polar surface area (TPSA) is 112 Å². The van der Waals surface area contributed by atoms with Gasteiger partial charge < -0.3 is 25.0 Å². The number of hydrogen-bond donors (Lipinski definition) is 3. The molecule has 0 bridgehead atoms. The van der Waals surface area contributed by atoms with Crippen molar-refractivity contribution in [1.82, 2.24) is 15.2 Å². The van der Waals surface area contributed by atoms with Crippen molar-refractivity contribution in [3.63, 3.8) is 0 Å². The zero-order valence-electron chi connectivity index (χ0n) is 26.9. The number of aromatic nitrogens is 1. The van der Waals surface area contributed by atoms with Crippen LogP contribution < -0.4 is 5.32 Å². The number of para-hydroxylation sites is 1. The zero-order chi connectivity index (χ0) is 33.4. The lowest BCUT2D eigenvalue weighted by molar-refractivity contribution is -0.149. The second-order valence-corrected chi connectivity index (χ2v) is 11.8. The van der Waals surface area contributed by atoms with Crippen LogP contribution in [0, 0.1) is 11.8 Å². The highest BCUT2D eigenvalue weighted by Crippen LogP contribution is 2.21. The maximum Gasteiger partial charge on any atom is 0.309 e. The van der Waals surface area contributed by atoms with Gasteiger partial charge in [0.05, 0.1) is 24.5 Å². The quantitative estimate of drug-likeness (QED) is 0.0894. The standard InChI is InChI=1S/C39H45N3O5/c1-3-13-31(25-37(44)42(21-22-43)27-30-17-9-6-10-18-30)38(45)41-34(24-33-26-40-36-20-12-11-19-35(33)36)28-47-39(46)32(14-4-2)23-29-15-7-5-8-16-29/h3-12,15-20,26,31-32,34,40,43H,1-2,13-14,21-25,27-28H2,(H,41,45)/t31-,32+,34+/m1/s1. The number of aromatic amines is 1. The predicted octanol–water partition coefficient (Wildman–Crippen LogP) is 5.78. The van der Waals surface area contributed by atoms with Crippen molar-refractivity contribution in [2.75, 3.05) is 19.8 Å². The number of esters is 1. The summed E-state index contributed by atoms with van der Waals surface area (Å²) in [5.74, 6) is -2.02. The lowest BCUT2D eigenvalue weighted by Gasteiger charge is -2.26. The lowest BCUT2D eigenvalue weighted by atomic mass is 9.96. The number of carbonyl (C=O) groups excluding carboxylic acids is 3. The Morgan fingerprint density at radius 1 is 0.851 bits per heavy atom. The van der Waals surface area contributed by atoms with Gasteiger partial charge in [0, 0.05) is 36.6 Å². The van der Waals surface area contributed by atoms with Gasteiger partial charge in [-0.05, 0) is 48.4 Å². The summed E-state index contributed by atoms with van der Waals surface area (Å²) in [7, 11) is 0. The third kappa shape index (κ3) is 10.5. The molecule has 0 unspecified atom stereocenters. The Morgan fingerprint density at radius 3 is 2.17 bits per heavy atom. The minimum atomic E-state index is -0.690. The van der Waals surface area contributed by atoms with Crippen LogP contribution in [0.25, 0.3) is 10.9 Å². The maximum atomic E-state index is 13.8. The molecule has 47 heavy (non-hydrogen) atoms. The molecule has 0 aliphatic rings. The molecule has 2 amide bonds. The van der Waals surface area contributed by atoms with Gasteiger partial charge in [0.2, 0.25) is 11.8 Å². The van der Waals surface area contributed by atoms with Gasteiger partial charge in [-0.25, -0.2) is 0 Å². The van der Waals surface area contributed by atoms with Gasteiger partial charge in [0.1, 0.15) is 6.61 Å². The number of nitrogens with one attached hydrogen (secondary N) is 2. The fourth-order valence-corrected chi connectivity index (χ4v) is 5.74. The van der Waals surface area contributed by atoms with E-state index in [9.17, 15) is 19.5 Å². The summed E-state index contributed by atoms with van der Waals surface area (Å²) in [6.45, 7) is 7.90. The van der Waals surface area contributed by atoms with Crippen LogP contribution in [0.15, 0.2) is 116 Å². The van der Waals surface area contributed by atoms with Gasteiger partial charge >= 0.3 is 5.97 Å². The number of benzene rings is 3. The molecule has 1 heterocycles. The first kappa shape index (κ1) is 34.9. The average molecular weight is 636 g/mol. The normalized spacial score (nSPS) is 12.9. The number of rotatable bonds is 19. The van der Waals surface area contributed by atoms with E-state index in [0.717, 1.165) is 27.6 Å². The lowest BCUT2D eigenvalue weighted by Crippen LogP contribution is -2.45. The van der Waals surface area contributed by atoms with Crippen LogP contribution in [0.4, 0.5) is 0 Å². The molecule has 8 nitrogen and oxygen atoms in total. The first-order valence-electron chi connectivity index (χ1n) is 16.1. The van der Waals surface area contributed by atoms with E-state index in [1.54, 1.807) is 17.1 Å². The van der Waals surface area contributed by atoms with Crippen LogP contribution in [0.5, 0.6) is 0 Å². The molecule has 3 N–H and O–H groups in total. The second-order valence-electron chi connectivity index (χ2n) is 11.8. The van der Waals surface area contributed by atoms with Gasteiger partial charge in [-0.3, -0.25) is 14.4 Å². The fourth-order valence-electron chi connectivity index (χ4n) is 5.74. The molecular weight excluding hydrogens is 590 g/mol. The Morgan fingerprint density at radius 2 is 1.49 bits per heavy atom. The van der Waals surface area contributed by atoms with Gasteiger partial charge in [0.15, 0.2) is 0 Å². The third-order valence-electron chi connectivity index (χ3n) is 8.21. The largest absolute Gasteiger partial charge is 0.463 e. The van der Waals surface area contributed by atoms with Crippen LogP contribution in [-0.2, 0) is 38.5 Å². The highest BCUT2D eigenvalue weighted by atomic mass is 16.5. The van der Waals surface area contributed by atoms with Crippen LogP contribution in [0.3, 0.4) is 0 Å². The third-order valence-corrected chi connectivity index (χ3v) is 8.21. The van der Waals surface area contributed by atoms with Crippen molar-refractivity contribution >= 4 is 28.7 Å². The van der Waals surface area contributed by atoms with Crippen molar-refractivity contribution in [2.24, 2.45) is 11.8 Å². The summed E-state index contributed by atoms with van der Waals surface area (Å²) >= 11 is 0. The monoisotopic (exact) mass is 635 g/mol. The molecule has 0 saturated carbocycles. The number of nitrogens with zero attached hydrogens (tertiary/aromatic N) is 1. The highest BCUT2D eigenvalue weighted by Gasteiger charge is 2.28. The fraction of sp³-hybridized carbons (Fsp3) is 0.308. The maximum absolute atomic E-state index is 13.8. The van der Waals surface area contributed by atoms with Crippen LogP contribution in [0.2, 0.25) is 0 Å². The molecule has 8 heteroatoms. The first-order chi connectivity index (χ1) is 22.9. The molecule has 1 aromatic heterocycles. The predicted molar refractivity (Wildman–Crippen MR) is 185 cm³/mol. The van der Waals surface area contributed by atoms with Crippen LogP contribution >= 0.6 is 0 Å². The van der Waals surface area contributed by atoms with Crippen LogP contribution in [-0.4, -0.2) is 58.6 Å². The molecular formula is C39H45N3O5. The number of allylic oxidation sites excluding steroid dienone is 2. The van der Waals surface area contributed by atoms with E-state index < -0.39 is 17.9 Å². The molecule has 0 spiro atoms. The van der Waals surface area contributed by atoms with E-state index in [-0.39, 0.29) is 50.4 Å². The summed E-state index contributed by atoms with van der Waals surface area (Å²) in [5.41, 5.74) is 3.90. The number of ether oxygens (including phenoxy) is 1. The number of amides is 2. The Kier molecular flexibility index (Phi) is 13.6. The second kappa shape index (κ2) is 18.3. The number of aliphatic hydroxyl groups is 1. The summed E-state index contributed by atoms with van der Waals surface area (Å²) < 4.78 is 5.88. The molecule has 3 aromatic carbocycles. The van der Waals surface area contributed by atoms with Gasteiger partial charge in [-0.1, -0.05) is 91.0 Å². The van der Waals surface area contributed by atoms with Gasteiger partial charge in [-0.15, -0.1) is 13.2 Å². The van der Waals surface area contributed by atoms with Crippen molar-refractivity contribution in [1.29, 1.82) is 0 Å². The molecule has 0 aliphatic carbocycles. The van der Waals surface area contributed by atoms with Gasteiger partial charge in [0.25, 0.3) is 0 Å². The number of aliphatic hydroxyl groups excluding tert-OH is 1. The number of fused-ring (bicyclic) bond motifs is 1. The molecule has 3 atom stereocenters. The van der Waals surface area contributed by atoms with E-state index in [4.69, 9.17) is 4.74 Å². The van der Waals surface area contributed by atoms with Crippen LogP contribution in [0.1, 0.15) is 36.0 Å². The highest BCUT2D eigenvalue weighted by molar-refractivity contribution is 5.86. The molecule has 0 aliphatic heterocycles. The average Bonchev–Trinajstić information content (AvgIpc) is 3.49. The molecule has 246 valence electrons. The minimum Gasteiger partial charge on any atom is -0.463 e. The number of carbonyl (C=O) groups is 3. The SMILES string of the molecule is C=CC[C@H](CC(=O)N(CCO)Cc1ccccc1)C(=O)N[C@H](COC(=O)[C@@H](CC=C)Cc1ccccc1)Cc1c[nH]c2ccccc12. The van der Waals surface area contributed by atoms with E-state index in [1.807, 2.05) is 91.1 Å². The van der Waals surface area contributed by atoms with Crippen molar-refractivity contribution in [2.45, 2.75) is 44.7 Å². The molecule has 4 rings (SSSR count). The Balaban J connectivity index is 1.49. The smallest absolute Gasteiger partial charge is 0.309 e. The number of H-pyrrole nitrogens is 1. The molecule has 4 aromatic rings. The summed E-state index contributed by atoms with van der Waals surface area (Å²) in [6, 6.07) is 26.6. The Hall–Kier alpha value is -4.95. The summed E-state index contributed by atoms with van der Waals surface area (Å²) in [6.07, 6.45) is 6.87. The number of hydrogen-bond acceptors (Lipinski definition) is 5. The van der Waals surface area contributed by atoms with E-state index in [0.29, 0.717) is 25.8 Å². The Bertz CT molecular complexity index is 1600. The van der Waals surface area contributed by atoms with E-state index >= 15 is 0 Å². The van der Waals surface area contributed by atoms with E-state index in [1.165, 1.54) is 0 Å². The van der Waals surface area contributed by atoms with Crippen molar-refractivity contribution in [3.8, 4) is 0 Å². The van der Waals surface area contributed by atoms with Crippen molar-refractivity contribution in [3.05, 3.63) is 133 Å². The summed E-state index contributed by atoms with van der Waals surface area (Å²) in [5, 5.41) is 13.8. The summed E-state index contributed by atoms with van der Waals surface area (Å²) in [4.78, 5) is 45.4. The molecule has 0 fully saturated rings.